The van der Waals surface area contributed by atoms with Gasteiger partial charge in [-0.25, -0.2) is 9.78 Å². The Kier molecular flexibility index (Phi) is 10.1. The monoisotopic (exact) mass is 716 g/mol. The Morgan fingerprint density at radius 1 is 0.849 bits per heavy atom. The van der Waals surface area contributed by atoms with E-state index in [1.807, 2.05) is 43.1 Å². The van der Waals surface area contributed by atoms with Crippen molar-refractivity contribution < 1.29 is 19.1 Å². The zero-order valence-corrected chi connectivity index (χ0v) is 31.1. The zero-order valence-electron chi connectivity index (χ0n) is 31.1. The number of rotatable bonds is 9. The second kappa shape index (κ2) is 14.9. The van der Waals surface area contributed by atoms with Gasteiger partial charge in [-0.05, 0) is 83.7 Å². The van der Waals surface area contributed by atoms with Gasteiger partial charge in [0, 0.05) is 47.7 Å². The summed E-state index contributed by atoms with van der Waals surface area (Å²) in [5, 5.41) is 5.41. The molecule has 2 saturated heterocycles. The van der Waals surface area contributed by atoms with E-state index in [1.165, 1.54) is 7.11 Å². The van der Waals surface area contributed by atoms with Gasteiger partial charge in [0.1, 0.15) is 11.9 Å². The number of aromatic nitrogens is 3. The van der Waals surface area contributed by atoms with Crippen LogP contribution in [0.2, 0.25) is 0 Å². The summed E-state index contributed by atoms with van der Waals surface area (Å²) >= 11 is 0. The first-order chi connectivity index (χ1) is 25.5. The Morgan fingerprint density at radius 3 is 2.23 bits per heavy atom. The van der Waals surface area contributed by atoms with E-state index in [2.05, 4.69) is 65.5 Å². The van der Waals surface area contributed by atoms with Crippen LogP contribution in [-0.2, 0) is 14.3 Å². The summed E-state index contributed by atoms with van der Waals surface area (Å²) in [4.78, 5) is 67.4. The molecule has 4 heterocycles. The number of benzene rings is 3. The van der Waals surface area contributed by atoms with Gasteiger partial charge in [0.05, 0.1) is 31.1 Å². The number of H-pyrrole nitrogens is 2. The molecule has 2 fully saturated rings. The van der Waals surface area contributed by atoms with E-state index in [0.29, 0.717) is 41.9 Å². The summed E-state index contributed by atoms with van der Waals surface area (Å²) in [6.07, 6.45) is 5.17. The molecule has 5 aromatic rings. The van der Waals surface area contributed by atoms with Crippen molar-refractivity contribution in [2.75, 3.05) is 20.2 Å². The fourth-order valence-electron chi connectivity index (χ4n) is 7.92. The first-order valence-electron chi connectivity index (χ1n) is 18.7. The lowest BCUT2D eigenvalue weighted by molar-refractivity contribution is -0.135. The van der Waals surface area contributed by atoms with E-state index in [4.69, 9.17) is 9.72 Å². The van der Waals surface area contributed by atoms with E-state index in [-0.39, 0.29) is 35.2 Å². The molecule has 53 heavy (non-hydrogen) atoms. The molecule has 11 heteroatoms. The average Bonchev–Trinajstić information content (AvgIpc) is 3.94. The molecule has 2 aliphatic rings. The Morgan fingerprint density at radius 2 is 1.51 bits per heavy atom. The fourth-order valence-corrected chi connectivity index (χ4v) is 7.92. The van der Waals surface area contributed by atoms with Gasteiger partial charge in [-0.1, -0.05) is 58.0 Å². The van der Waals surface area contributed by atoms with Gasteiger partial charge in [0.25, 0.3) is 0 Å². The Bertz CT molecular complexity index is 2240. The molecule has 11 nitrogen and oxygen atoms in total. The van der Waals surface area contributed by atoms with Crippen LogP contribution in [0.4, 0.5) is 4.79 Å². The van der Waals surface area contributed by atoms with Gasteiger partial charge >= 0.3 is 6.09 Å². The molecule has 3 aromatic carbocycles. The Balaban J connectivity index is 1.10. The number of likely N-dealkylation sites (tertiary alicyclic amines) is 2. The highest BCUT2D eigenvalue weighted by Gasteiger charge is 2.37. The first-order valence-corrected chi connectivity index (χ1v) is 18.7. The number of nitrogens with zero attached hydrogens (tertiary/aromatic N) is 3. The van der Waals surface area contributed by atoms with E-state index < -0.39 is 12.1 Å². The lowest BCUT2D eigenvalue weighted by Gasteiger charge is -2.31. The summed E-state index contributed by atoms with van der Waals surface area (Å²) in [6, 6.07) is 19.0. The number of hydrogen-bond donors (Lipinski definition) is 3. The van der Waals surface area contributed by atoms with Gasteiger partial charge in [-0.15, -0.1) is 0 Å². The maximum atomic E-state index is 13.6. The van der Waals surface area contributed by atoms with Crippen molar-refractivity contribution in [3.63, 3.8) is 0 Å². The number of carbonyl (C=O) groups is 3. The number of ether oxygens (including phenoxy) is 1. The zero-order chi connectivity index (χ0) is 37.4. The summed E-state index contributed by atoms with van der Waals surface area (Å²) in [5.41, 5.74) is 5.15. The maximum Gasteiger partial charge on any atom is 0.407 e. The van der Waals surface area contributed by atoms with E-state index in [9.17, 15) is 19.2 Å². The molecule has 7 rings (SSSR count). The van der Waals surface area contributed by atoms with Crippen molar-refractivity contribution in [2.45, 2.75) is 77.9 Å². The smallest absolute Gasteiger partial charge is 0.407 e. The molecular formula is C42H48N6O5. The van der Waals surface area contributed by atoms with Crippen molar-refractivity contribution >= 4 is 39.6 Å². The molecule has 3 atom stereocenters. The predicted molar refractivity (Wildman–Crippen MR) is 206 cm³/mol. The number of nitrogens with one attached hydrogen (secondary N) is 3. The van der Waals surface area contributed by atoms with Gasteiger partial charge in [0.15, 0.2) is 5.43 Å². The first kappa shape index (κ1) is 35.9. The third-order valence-electron chi connectivity index (χ3n) is 10.7. The summed E-state index contributed by atoms with van der Waals surface area (Å²) in [7, 11) is 1.28. The van der Waals surface area contributed by atoms with Crippen LogP contribution in [0.25, 0.3) is 44.1 Å². The molecule has 2 aromatic heterocycles. The number of methoxy groups -OCH3 is 1. The van der Waals surface area contributed by atoms with E-state index in [1.54, 1.807) is 11.0 Å². The number of pyridine rings is 1. The number of aromatic amines is 2. The number of hydrogen-bond acceptors (Lipinski definition) is 6. The minimum Gasteiger partial charge on any atom is -0.453 e. The maximum absolute atomic E-state index is 13.6. The minimum absolute atomic E-state index is 0.0141. The minimum atomic E-state index is -0.731. The number of carbonyl (C=O) groups excluding carboxylic acids is 3. The molecule has 3 amide bonds. The second-order valence-corrected chi connectivity index (χ2v) is 15.2. The summed E-state index contributed by atoms with van der Waals surface area (Å²) in [6.45, 7) is 9.23. The lowest BCUT2D eigenvalue weighted by atomic mass is 9.98. The highest BCUT2D eigenvalue weighted by Crippen LogP contribution is 2.35. The van der Waals surface area contributed by atoms with Crippen LogP contribution >= 0.6 is 0 Å². The van der Waals surface area contributed by atoms with Crippen LogP contribution in [-0.4, -0.2) is 68.9 Å². The molecule has 1 unspecified atom stereocenters. The van der Waals surface area contributed by atoms with Crippen LogP contribution in [0.5, 0.6) is 0 Å². The van der Waals surface area contributed by atoms with Gasteiger partial charge in [-0.2, -0.15) is 0 Å². The molecule has 0 radical (unpaired) electrons. The molecule has 2 aliphatic heterocycles. The van der Waals surface area contributed by atoms with Gasteiger partial charge in [-0.3, -0.25) is 14.4 Å². The third kappa shape index (κ3) is 7.29. The molecule has 0 bridgehead atoms. The number of fused-ring (bicyclic) bond motifs is 2. The van der Waals surface area contributed by atoms with Crippen molar-refractivity contribution in [1.29, 1.82) is 0 Å². The summed E-state index contributed by atoms with van der Waals surface area (Å²) < 4.78 is 4.75. The van der Waals surface area contributed by atoms with Crippen molar-refractivity contribution in [3.8, 4) is 22.4 Å². The second-order valence-electron chi connectivity index (χ2n) is 15.2. The standard InChI is InChI=1S/C42H48N6O5/c1-24(2)18-38(50)47-16-7-9-36(47)40-43-23-34(45-40)30-13-12-26-19-27(10-11-28(26)20-30)29-14-15-32-31(21-29)37(49)22-33(44-32)35-8-6-17-48(35)41(51)39(25(3)4)46-42(52)53-5/h10-15,19-25,35-36,39H,6-9,16-18H2,1-5H3,(H,43,45)(H,44,49)(H,46,52)/t35?,36-,39-/m0/s1. The van der Waals surface area contributed by atoms with Gasteiger partial charge < -0.3 is 29.8 Å². The van der Waals surface area contributed by atoms with Crippen LogP contribution < -0.4 is 10.7 Å². The molecule has 3 N–H and O–H groups in total. The highest BCUT2D eigenvalue weighted by atomic mass is 16.5. The Hall–Kier alpha value is -5.45. The third-order valence-corrected chi connectivity index (χ3v) is 10.7. The number of imidazole rings is 1. The van der Waals surface area contributed by atoms with Crippen LogP contribution in [0.1, 0.15) is 83.4 Å². The van der Waals surface area contributed by atoms with Gasteiger partial charge in [0.2, 0.25) is 11.8 Å². The predicted octanol–water partition coefficient (Wildman–Crippen LogP) is 7.49. The molecule has 0 spiro atoms. The van der Waals surface area contributed by atoms with Crippen molar-refractivity contribution in [3.05, 3.63) is 88.6 Å². The van der Waals surface area contributed by atoms with E-state index >= 15 is 0 Å². The molecule has 0 aliphatic carbocycles. The van der Waals surface area contributed by atoms with Crippen LogP contribution in [0, 0.1) is 11.8 Å². The SMILES string of the molecule is COC(=O)N[C@H](C(=O)N1CCCC1c1cc(=O)c2cc(-c3ccc4cc(-c5cnc([C@@H]6CCCN6C(=O)CC(C)C)[nH]5)ccc4c3)ccc2[nH]1)C(C)C. The number of alkyl carbamates (subject to hydrolysis) is 1. The van der Waals surface area contributed by atoms with Crippen LogP contribution in [0.15, 0.2) is 71.7 Å². The van der Waals surface area contributed by atoms with Crippen LogP contribution in [0.3, 0.4) is 0 Å². The quantitative estimate of drug-likeness (QED) is 0.144. The normalized spacial score (nSPS) is 18.0. The summed E-state index contributed by atoms with van der Waals surface area (Å²) in [5.74, 6) is 1.03. The fraction of sp³-hybridized carbons (Fsp3) is 0.405. The molecule has 276 valence electrons. The topological polar surface area (TPSA) is 140 Å². The van der Waals surface area contributed by atoms with E-state index in [0.717, 1.165) is 64.8 Å². The lowest BCUT2D eigenvalue weighted by Crippen LogP contribution is -2.51. The Labute approximate surface area is 309 Å². The highest BCUT2D eigenvalue weighted by molar-refractivity contribution is 5.92. The van der Waals surface area contributed by atoms with Crippen molar-refractivity contribution in [2.24, 2.45) is 11.8 Å². The molecule has 0 saturated carbocycles. The number of amides is 3. The molecular weight excluding hydrogens is 668 g/mol. The van der Waals surface area contributed by atoms with Crippen molar-refractivity contribution in [1.82, 2.24) is 30.1 Å². The largest absolute Gasteiger partial charge is 0.453 e. The average molecular weight is 717 g/mol.